The van der Waals surface area contributed by atoms with Crippen molar-refractivity contribution >= 4 is 47.2 Å². The van der Waals surface area contributed by atoms with Gasteiger partial charge in [-0.25, -0.2) is 4.99 Å². The van der Waals surface area contributed by atoms with Gasteiger partial charge in [-0.15, -0.1) is 24.0 Å². The van der Waals surface area contributed by atoms with Gasteiger partial charge in [0.1, 0.15) is 0 Å². The molecule has 0 saturated carbocycles. The molecule has 0 atom stereocenters. The first-order valence-electron chi connectivity index (χ1n) is 9.74. The second-order valence-corrected chi connectivity index (χ2v) is 7.19. The topological polar surface area (TPSA) is 60.0 Å². The van der Waals surface area contributed by atoms with Crippen LogP contribution >= 0.6 is 24.0 Å². The summed E-state index contributed by atoms with van der Waals surface area (Å²) in [6.07, 6.45) is 1.04. The fourth-order valence-electron chi connectivity index (χ4n) is 3.35. The van der Waals surface area contributed by atoms with Crippen LogP contribution in [0.15, 0.2) is 53.5 Å². The van der Waals surface area contributed by atoms with Crippen molar-refractivity contribution in [1.82, 2.24) is 10.2 Å². The van der Waals surface area contributed by atoms with Crippen molar-refractivity contribution in [3.05, 3.63) is 59.7 Å². The number of fused-ring (bicyclic) bond motifs is 1. The second kappa shape index (κ2) is 11.2. The predicted molar refractivity (Wildman–Crippen MR) is 131 cm³/mol. The molecule has 156 valence electrons. The van der Waals surface area contributed by atoms with Crippen molar-refractivity contribution < 1.29 is 4.79 Å². The smallest absolute Gasteiger partial charge is 0.238 e. The van der Waals surface area contributed by atoms with Crippen LogP contribution in [0.1, 0.15) is 18.1 Å². The summed E-state index contributed by atoms with van der Waals surface area (Å²) in [6.45, 7) is 4.75. The number of guanidine groups is 1. The summed E-state index contributed by atoms with van der Waals surface area (Å²) in [5.74, 6) is 0.877. The van der Waals surface area contributed by atoms with Crippen LogP contribution in [0.4, 0.5) is 11.4 Å². The molecule has 1 amide bonds. The van der Waals surface area contributed by atoms with E-state index in [2.05, 4.69) is 46.7 Å². The summed E-state index contributed by atoms with van der Waals surface area (Å²) in [5.41, 5.74) is 4.45. The third kappa shape index (κ3) is 6.43. The first kappa shape index (κ1) is 23.2. The van der Waals surface area contributed by atoms with E-state index < -0.39 is 0 Å². The Labute approximate surface area is 190 Å². The number of halogens is 1. The maximum Gasteiger partial charge on any atom is 0.238 e. The van der Waals surface area contributed by atoms with E-state index in [-0.39, 0.29) is 29.9 Å². The molecule has 2 aromatic carbocycles. The van der Waals surface area contributed by atoms with Crippen LogP contribution in [-0.4, -0.2) is 50.5 Å². The first-order chi connectivity index (χ1) is 13.6. The van der Waals surface area contributed by atoms with Crippen molar-refractivity contribution in [2.75, 3.05) is 43.9 Å². The highest BCUT2D eigenvalue weighted by Crippen LogP contribution is 2.27. The number of rotatable bonds is 6. The number of likely N-dealkylation sites (N-methyl/N-ethyl adjacent to an activating group) is 1. The number of anilines is 2. The third-order valence-electron chi connectivity index (χ3n) is 4.56. The molecule has 1 aliphatic rings. The summed E-state index contributed by atoms with van der Waals surface area (Å²) in [6, 6.07) is 16.4. The molecule has 2 aromatic rings. The van der Waals surface area contributed by atoms with Gasteiger partial charge in [0.05, 0.1) is 13.1 Å². The van der Waals surface area contributed by atoms with E-state index in [1.165, 1.54) is 11.3 Å². The summed E-state index contributed by atoms with van der Waals surface area (Å²) in [7, 11) is 3.76. The fraction of sp³-hybridized carbons (Fsp3) is 0.364. The molecule has 1 aliphatic heterocycles. The predicted octanol–water partition coefficient (Wildman–Crippen LogP) is 3.33. The van der Waals surface area contributed by atoms with E-state index in [9.17, 15) is 4.79 Å². The molecular weight excluding hydrogens is 477 g/mol. The average molecular weight is 507 g/mol. The Morgan fingerprint density at radius 2 is 1.97 bits per heavy atom. The van der Waals surface area contributed by atoms with Crippen LogP contribution in [0, 0.1) is 0 Å². The molecule has 0 saturated heterocycles. The van der Waals surface area contributed by atoms with Gasteiger partial charge < -0.3 is 20.4 Å². The quantitative estimate of drug-likeness (QED) is 0.358. The molecular formula is C22H30IN5O. The summed E-state index contributed by atoms with van der Waals surface area (Å²) in [4.78, 5) is 20.9. The van der Waals surface area contributed by atoms with Crippen molar-refractivity contribution in [2.24, 2.45) is 4.99 Å². The molecule has 29 heavy (non-hydrogen) atoms. The van der Waals surface area contributed by atoms with Gasteiger partial charge in [0, 0.05) is 24.5 Å². The van der Waals surface area contributed by atoms with Gasteiger partial charge in [-0.3, -0.25) is 4.79 Å². The van der Waals surface area contributed by atoms with Crippen LogP contribution < -0.4 is 15.5 Å². The van der Waals surface area contributed by atoms with E-state index in [1.54, 1.807) is 0 Å². The van der Waals surface area contributed by atoms with E-state index in [1.807, 2.05) is 43.3 Å². The lowest BCUT2D eigenvalue weighted by molar-refractivity contribution is -0.116. The van der Waals surface area contributed by atoms with E-state index in [4.69, 9.17) is 4.99 Å². The minimum absolute atomic E-state index is 0. The number of hydrogen-bond donors (Lipinski definition) is 2. The normalized spacial score (nSPS) is 13.1. The zero-order valence-corrected chi connectivity index (χ0v) is 19.6. The molecule has 0 aliphatic carbocycles. The SMILES string of the molecule is CCNC(=NCc1cccc(NC(=O)CN(C)C)c1)N1CCc2ccccc21.I. The average Bonchev–Trinajstić information content (AvgIpc) is 3.09. The molecule has 6 nitrogen and oxygen atoms in total. The third-order valence-corrected chi connectivity index (χ3v) is 4.56. The van der Waals surface area contributed by atoms with Gasteiger partial charge in [0.15, 0.2) is 5.96 Å². The Hall–Kier alpha value is -2.13. The van der Waals surface area contributed by atoms with Gasteiger partial charge >= 0.3 is 0 Å². The maximum absolute atomic E-state index is 12.0. The summed E-state index contributed by atoms with van der Waals surface area (Å²) < 4.78 is 0. The van der Waals surface area contributed by atoms with Crippen molar-refractivity contribution in [1.29, 1.82) is 0 Å². The standard InChI is InChI=1S/C22H29N5O.HI/c1-4-23-22(27-13-12-18-9-5-6-11-20(18)27)24-15-17-8-7-10-19(14-17)25-21(28)16-26(2)3;/h5-11,14H,4,12-13,15-16H2,1-3H3,(H,23,24)(H,25,28);1H. The van der Waals surface area contributed by atoms with Crippen LogP contribution in [0.3, 0.4) is 0 Å². The Morgan fingerprint density at radius 1 is 1.17 bits per heavy atom. The summed E-state index contributed by atoms with van der Waals surface area (Å²) >= 11 is 0. The number of hydrogen-bond acceptors (Lipinski definition) is 3. The number of nitrogens with zero attached hydrogens (tertiary/aromatic N) is 3. The fourth-order valence-corrected chi connectivity index (χ4v) is 3.35. The number of carbonyl (C=O) groups excluding carboxylic acids is 1. The highest BCUT2D eigenvalue weighted by molar-refractivity contribution is 14.0. The number of carbonyl (C=O) groups is 1. The van der Waals surface area contributed by atoms with Crippen LogP contribution in [0.2, 0.25) is 0 Å². The molecule has 0 aromatic heterocycles. The molecule has 2 N–H and O–H groups in total. The number of amides is 1. The number of para-hydroxylation sites is 1. The van der Waals surface area contributed by atoms with E-state index in [0.717, 1.165) is 36.7 Å². The highest BCUT2D eigenvalue weighted by Gasteiger charge is 2.22. The molecule has 0 bridgehead atoms. The second-order valence-electron chi connectivity index (χ2n) is 7.19. The van der Waals surface area contributed by atoms with Crippen LogP contribution in [-0.2, 0) is 17.8 Å². The van der Waals surface area contributed by atoms with Crippen LogP contribution in [0.25, 0.3) is 0 Å². The molecule has 3 rings (SSSR count). The minimum atomic E-state index is -0.0207. The van der Waals surface area contributed by atoms with Crippen LogP contribution in [0.5, 0.6) is 0 Å². The van der Waals surface area contributed by atoms with Gasteiger partial charge in [0.2, 0.25) is 5.91 Å². The molecule has 0 unspecified atom stereocenters. The molecule has 0 fully saturated rings. The van der Waals surface area contributed by atoms with Gasteiger partial charge in [0.25, 0.3) is 0 Å². The molecule has 1 heterocycles. The lowest BCUT2D eigenvalue weighted by atomic mass is 10.2. The molecule has 0 radical (unpaired) electrons. The van der Waals surface area contributed by atoms with Gasteiger partial charge in [-0.05, 0) is 56.8 Å². The number of benzene rings is 2. The molecule has 7 heteroatoms. The highest BCUT2D eigenvalue weighted by atomic mass is 127. The monoisotopic (exact) mass is 507 g/mol. The number of nitrogens with one attached hydrogen (secondary N) is 2. The van der Waals surface area contributed by atoms with Gasteiger partial charge in [-0.1, -0.05) is 30.3 Å². The molecule has 0 spiro atoms. The minimum Gasteiger partial charge on any atom is -0.356 e. The van der Waals surface area contributed by atoms with E-state index in [0.29, 0.717) is 13.1 Å². The Morgan fingerprint density at radius 3 is 2.72 bits per heavy atom. The van der Waals surface area contributed by atoms with E-state index >= 15 is 0 Å². The van der Waals surface area contributed by atoms with Crippen molar-refractivity contribution in [3.63, 3.8) is 0 Å². The maximum atomic E-state index is 12.0. The van der Waals surface area contributed by atoms with Crippen molar-refractivity contribution in [2.45, 2.75) is 19.9 Å². The number of aliphatic imine (C=N–C) groups is 1. The summed E-state index contributed by atoms with van der Waals surface area (Å²) in [5, 5.41) is 6.34. The largest absolute Gasteiger partial charge is 0.356 e. The first-order valence-corrected chi connectivity index (χ1v) is 9.74. The Balaban J connectivity index is 0.00000300. The zero-order chi connectivity index (χ0) is 19.9. The van der Waals surface area contributed by atoms with Crippen molar-refractivity contribution in [3.8, 4) is 0 Å². The lowest BCUT2D eigenvalue weighted by Gasteiger charge is -2.22. The Bertz CT molecular complexity index is 853. The zero-order valence-electron chi connectivity index (χ0n) is 17.3. The van der Waals surface area contributed by atoms with Gasteiger partial charge in [-0.2, -0.15) is 0 Å². The Kier molecular flexibility index (Phi) is 8.91. The lowest BCUT2D eigenvalue weighted by Crippen LogP contribution is -2.40.